The van der Waals surface area contributed by atoms with Gasteiger partial charge >= 0.3 is 0 Å². The topological polar surface area (TPSA) is 49.9 Å². The molecule has 2 aliphatic rings. The first-order valence-electron chi connectivity index (χ1n) is 9.66. The Morgan fingerprint density at radius 1 is 0.963 bits per heavy atom. The zero-order valence-electron chi connectivity index (χ0n) is 15.5. The van der Waals surface area contributed by atoms with E-state index in [4.69, 9.17) is 27.9 Å². The van der Waals surface area contributed by atoms with Gasteiger partial charge in [0.2, 0.25) is 11.8 Å². The number of hydrogen-bond acceptors (Lipinski definition) is 3. The smallest absolute Gasteiger partial charge is 0.226 e. The van der Waals surface area contributed by atoms with Gasteiger partial charge in [-0.05, 0) is 30.9 Å². The maximum atomic E-state index is 12.4. The van der Waals surface area contributed by atoms with E-state index in [1.54, 1.807) is 18.2 Å². The molecule has 1 aromatic carbocycles. The summed E-state index contributed by atoms with van der Waals surface area (Å²) in [7, 11) is 0. The summed E-state index contributed by atoms with van der Waals surface area (Å²) in [5.41, 5.74) is 0. The van der Waals surface area contributed by atoms with Gasteiger partial charge in [0.15, 0.2) is 0 Å². The van der Waals surface area contributed by atoms with Crippen molar-refractivity contribution in [3.05, 3.63) is 28.2 Å². The molecule has 27 heavy (non-hydrogen) atoms. The number of amides is 2. The van der Waals surface area contributed by atoms with Gasteiger partial charge < -0.3 is 14.5 Å². The average Bonchev–Trinajstić information content (AvgIpc) is 3.17. The third-order valence-corrected chi connectivity index (χ3v) is 6.14. The van der Waals surface area contributed by atoms with Gasteiger partial charge in [-0.3, -0.25) is 9.59 Å². The maximum absolute atomic E-state index is 12.4. The van der Waals surface area contributed by atoms with E-state index in [-0.39, 0.29) is 18.4 Å². The number of ether oxygens (including phenoxy) is 1. The number of halogens is 2. The van der Waals surface area contributed by atoms with E-state index in [1.807, 2.05) is 9.80 Å². The van der Waals surface area contributed by atoms with Gasteiger partial charge in [0, 0.05) is 38.7 Å². The number of nitrogens with zero attached hydrogens (tertiary/aromatic N) is 2. The highest BCUT2D eigenvalue weighted by Gasteiger charge is 2.26. The minimum absolute atomic E-state index is 0.0537. The molecule has 0 bridgehead atoms. The van der Waals surface area contributed by atoms with Crippen molar-refractivity contribution in [2.24, 2.45) is 5.92 Å². The van der Waals surface area contributed by atoms with E-state index in [1.165, 1.54) is 25.7 Å². The highest BCUT2D eigenvalue weighted by molar-refractivity contribution is 6.42. The molecule has 148 valence electrons. The molecule has 0 atom stereocenters. The third-order valence-electron chi connectivity index (χ3n) is 5.40. The number of carbonyl (C=O) groups is 2. The van der Waals surface area contributed by atoms with Crippen molar-refractivity contribution in [2.45, 2.75) is 38.5 Å². The van der Waals surface area contributed by atoms with Gasteiger partial charge in [0.25, 0.3) is 0 Å². The fraction of sp³-hybridized carbons (Fsp3) is 0.600. The second kappa shape index (κ2) is 9.65. The van der Waals surface area contributed by atoms with Crippen molar-refractivity contribution in [3.63, 3.8) is 0 Å². The van der Waals surface area contributed by atoms with E-state index in [2.05, 4.69) is 0 Å². The van der Waals surface area contributed by atoms with E-state index >= 15 is 0 Å². The lowest BCUT2D eigenvalue weighted by Crippen LogP contribution is -2.51. The minimum Gasteiger partial charge on any atom is -0.493 e. The Labute approximate surface area is 170 Å². The molecule has 1 saturated carbocycles. The molecular weight excluding hydrogens is 387 g/mol. The Hall–Kier alpha value is -1.46. The first kappa shape index (κ1) is 20.3. The second-order valence-corrected chi connectivity index (χ2v) is 8.10. The second-order valence-electron chi connectivity index (χ2n) is 7.29. The van der Waals surface area contributed by atoms with Crippen LogP contribution in [0.2, 0.25) is 10.0 Å². The third kappa shape index (κ3) is 5.76. The normalized spacial score (nSPS) is 18.0. The van der Waals surface area contributed by atoms with Gasteiger partial charge in [0.1, 0.15) is 5.75 Å². The number of carbonyl (C=O) groups excluding carboxylic acids is 2. The molecule has 7 heteroatoms. The first-order chi connectivity index (χ1) is 13.0. The Balaban J connectivity index is 1.36. The molecule has 0 unspecified atom stereocenters. The van der Waals surface area contributed by atoms with Crippen LogP contribution in [0.15, 0.2) is 18.2 Å². The van der Waals surface area contributed by atoms with Crippen LogP contribution >= 0.6 is 23.2 Å². The van der Waals surface area contributed by atoms with Crippen molar-refractivity contribution in [3.8, 4) is 5.75 Å². The molecule has 2 amide bonds. The molecule has 2 fully saturated rings. The van der Waals surface area contributed by atoms with E-state index in [9.17, 15) is 9.59 Å². The van der Waals surface area contributed by atoms with Crippen LogP contribution < -0.4 is 4.74 Å². The van der Waals surface area contributed by atoms with Gasteiger partial charge in [-0.1, -0.05) is 36.0 Å². The molecule has 0 N–H and O–H groups in total. The van der Waals surface area contributed by atoms with Gasteiger partial charge in [-0.25, -0.2) is 0 Å². The molecule has 5 nitrogen and oxygen atoms in total. The van der Waals surface area contributed by atoms with Crippen molar-refractivity contribution in [1.82, 2.24) is 9.80 Å². The SMILES string of the molecule is O=C(CCOc1ccc(Cl)c(Cl)c1)N1CCN(C(=O)CC2CCCC2)CC1. The van der Waals surface area contributed by atoms with E-state index in [0.29, 0.717) is 60.7 Å². The summed E-state index contributed by atoms with van der Waals surface area (Å²) in [6.07, 6.45) is 5.85. The lowest BCUT2D eigenvalue weighted by Gasteiger charge is -2.35. The van der Waals surface area contributed by atoms with E-state index in [0.717, 1.165) is 0 Å². The molecule has 1 heterocycles. The zero-order chi connectivity index (χ0) is 19.2. The Morgan fingerprint density at radius 2 is 1.59 bits per heavy atom. The van der Waals surface area contributed by atoms with Gasteiger partial charge in [0.05, 0.1) is 23.1 Å². The summed E-state index contributed by atoms with van der Waals surface area (Å²) in [4.78, 5) is 28.5. The van der Waals surface area contributed by atoms with Crippen LogP contribution in [0.3, 0.4) is 0 Å². The predicted octanol–water partition coefficient (Wildman–Crippen LogP) is 4.01. The van der Waals surface area contributed by atoms with Crippen LogP contribution in [0.4, 0.5) is 0 Å². The molecule has 0 spiro atoms. The molecular formula is C20H26Cl2N2O3. The number of rotatable bonds is 6. The molecule has 3 rings (SSSR count). The van der Waals surface area contributed by atoms with Gasteiger partial charge in [-0.2, -0.15) is 0 Å². The summed E-state index contributed by atoms with van der Waals surface area (Å²) in [6, 6.07) is 5.04. The molecule has 0 aromatic heterocycles. The lowest BCUT2D eigenvalue weighted by molar-refractivity contribution is -0.140. The van der Waals surface area contributed by atoms with Crippen molar-refractivity contribution in [2.75, 3.05) is 32.8 Å². The molecule has 1 aromatic rings. The van der Waals surface area contributed by atoms with Crippen LogP contribution in [0, 0.1) is 5.92 Å². The minimum atomic E-state index is 0.0537. The van der Waals surface area contributed by atoms with Crippen LogP contribution in [0.1, 0.15) is 38.5 Å². The quantitative estimate of drug-likeness (QED) is 0.708. The van der Waals surface area contributed by atoms with Crippen molar-refractivity contribution in [1.29, 1.82) is 0 Å². The van der Waals surface area contributed by atoms with Gasteiger partial charge in [-0.15, -0.1) is 0 Å². The monoisotopic (exact) mass is 412 g/mol. The Bertz CT molecular complexity index is 669. The lowest BCUT2D eigenvalue weighted by atomic mass is 10.0. The van der Waals surface area contributed by atoms with Crippen LogP contribution in [-0.4, -0.2) is 54.4 Å². The molecule has 1 saturated heterocycles. The molecule has 1 aliphatic heterocycles. The summed E-state index contributed by atoms with van der Waals surface area (Å²) < 4.78 is 5.58. The molecule has 1 aliphatic carbocycles. The largest absolute Gasteiger partial charge is 0.493 e. The standard InChI is InChI=1S/C20H26Cl2N2O3/c21-17-6-5-16(14-18(17)22)27-12-7-19(25)23-8-10-24(11-9-23)20(26)13-15-3-1-2-4-15/h5-6,14-15H,1-4,7-13H2. The summed E-state index contributed by atoms with van der Waals surface area (Å²) >= 11 is 11.8. The zero-order valence-corrected chi connectivity index (χ0v) is 17.0. The Morgan fingerprint density at radius 3 is 2.22 bits per heavy atom. The highest BCUT2D eigenvalue weighted by Crippen LogP contribution is 2.28. The number of benzene rings is 1. The summed E-state index contributed by atoms with van der Waals surface area (Å²) in [5, 5.41) is 0.902. The van der Waals surface area contributed by atoms with Crippen LogP contribution in [-0.2, 0) is 9.59 Å². The fourth-order valence-corrected chi connectivity index (χ4v) is 4.06. The summed E-state index contributed by atoms with van der Waals surface area (Å²) in [6.45, 7) is 2.75. The number of piperazine rings is 1. The summed E-state index contributed by atoms with van der Waals surface area (Å²) in [5.74, 6) is 1.46. The fourth-order valence-electron chi connectivity index (χ4n) is 3.78. The highest BCUT2D eigenvalue weighted by atomic mass is 35.5. The van der Waals surface area contributed by atoms with Crippen molar-refractivity contribution < 1.29 is 14.3 Å². The van der Waals surface area contributed by atoms with Crippen LogP contribution in [0.5, 0.6) is 5.75 Å². The Kier molecular flexibility index (Phi) is 7.25. The molecule has 0 radical (unpaired) electrons. The number of hydrogen-bond donors (Lipinski definition) is 0. The van der Waals surface area contributed by atoms with E-state index < -0.39 is 0 Å². The predicted molar refractivity (Wildman–Crippen MR) is 106 cm³/mol. The average molecular weight is 413 g/mol. The van der Waals surface area contributed by atoms with Crippen LogP contribution in [0.25, 0.3) is 0 Å². The maximum Gasteiger partial charge on any atom is 0.226 e. The first-order valence-corrected chi connectivity index (χ1v) is 10.4. The van der Waals surface area contributed by atoms with Crippen molar-refractivity contribution >= 4 is 35.0 Å².